The maximum absolute atomic E-state index is 11.6. The summed E-state index contributed by atoms with van der Waals surface area (Å²) >= 11 is 0. The minimum atomic E-state index is -3.39. The molecule has 0 aliphatic carbocycles. The van der Waals surface area contributed by atoms with Gasteiger partial charge in [0.05, 0.1) is 24.4 Å². The first-order chi connectivity index (χ1) is 12.0. The van der Waals surface area contributed by atoms with E-state index in [1.807, 2.05) is 36.4 Å². The molecule has 6 nitrogen and oxygen atoms in total. The molecule has 2 heterocycles. The second kappa shape index (κ2) is 6.10. The lowest BCUT2D eigenvalue weighted by atomic mass is 9.99. The van der Waals surface area contributed by atoms with Gasteiger partial charge >= 0.3 is 0 Å². The number of benzene rings is 2. The highest BCUT2D eigenvalue weighted by Crippen LogP contribution is 2.33. The molecule has 1 aliphatic heterocycles. The van der Waals surface area contributed by atoms with Crippen molar-refractivity contribution in [2.24, 2.45) is 0 Å². The van der Waals surface area contributed by atoms with E-state index in [1.165, 1.54) is 0 Å². The van der Waals surface area contributed by atoms with Crippen molar-refractivity contribution in [3.63, 3.8) is 0 Å². The van der Waals surface area contributed by atoms with Gasteiger partial charge < -0.3 is 15.0 Å². The van der Waals surface area contributed by atoms with Crippen molar-refractivity contribution in [1.82, 2.24) is 14.6 Å². The van der Waals surface area contributed by atoms with Crippen molar-refractivity contribution in [2.45, 2.75) is 18.2 Å². The van der Waals surface area contributed by atoms with Gasteiger partial charge in [0.25, 0.3) is 0 Å². The predicted octanol–water partition coefficient (Wildman–Crippen LogP) is 1.22. The minimum Gasteiger partial charge on any atom is -0.389 e. The maximum atomic E-state index is 11.6. The molecule has 0 radical (unpaired) electrons. The van der Waals surface area contributed by atoms with Crippen molar-refractivity contribution in [3.8, 4) is 0 Å². The zero-order valence-corrected chi connectivity index (χ0v) is 14.7. The fraction of sp³-hybridized carbons (Fsp3) is 0.333. The summed E-state index contributed by atoms with van der Waals surface area (Å²) < 4.78 is 27.9. The average Bonchev–Trinajstić information content (AvgIpc) is 2.90. The molecule has 7 heteroatoms. The van der Waals surface area contributed by atoms with Crippen LogP contribution in [-0.4, -0.2) is 49.6 Å². The van der Waals surface area contributed by atoms with E-state index >= 15 is 0 Å². The largest absolute Gasteiger partial charge is 0.389 e. The molecular formula is C18H21N3O3S. The van der Waals surface area contributed by atoms with E-state index in [0.717, 1.165) is 28.1 Å². The molecule has 1 saturated heterocycles. The monoisotopic (exact) mass is 359 g/mol. The van der Waals surface area contributed by atoms with E-state index in [1.54, 1.807) is 0 Å². The Hall–Kier alpha value is -1.93. The molecule has 1 unspecified atom stereocenters. The first-order valence-corrected chi connectivity index (χ1v) is 10.2. The van der Waals surface area contributed by atoms with E-state index in [2.05, 4.69) is 26.7 Å². The third-order valence-corrected chi connectivity index (χ3v) is 5.57. The molecule has 0 spiro atoms. The first-order valence-electron chi connectivity index (χ1n) is 8.29. The van der Waals surface area contributed by atoms with Gasteiger partial charge in [-0.15, -0.1) is 0 Å². The Labute approximate surface area is 146 Å². The zero-order chi connectivity index (χ0) is 17.6. The third-order valence-electron chi connectivity index (χ3n) is 4.84. The van der Waals surface area contributed by atoms with Crippen LogP contribution < -0.4 is 10.0 Å². The minimum absolute atomic E-state index is 0.266. The third kappa shape index (κ3) is 2.93. The normalized spacial score (nSPS) is 24.8. The van der Waals surface area contributed by atoms with Crippen molar-refractivity contribution < 1.29 is 13.5 Å². The number of hydrogen-bond acceptors (Lipinski definition) is 4. The number of nitrogens with zero attached hydrogens (tertiary/aromatic N) is 1. The topological polar surface area (TPSA) is 83.4 Å². The number of sulfonamides is 1. The number of hydrogen-bond donors (Lipinski definition) is 3. The summed E-state index contributed by atoms with van der Waals surface area (Å²) in [5.41, 5.74) is 2.07. The van der Waals surface area contributed by atoms with Gasteiger partial charge in [-0.1, -0.05) is 36.4 Å². The quantitative estimate of drug-likeness (QED) is 0.657. The molecule has 0 amide bonds. The molecule has 132 valence electrons. The Kier molecular flexibility index (Phi) is 4.04. The van der Waals surface area contributed by atoms with Gasteiger partial charge in [0.1, 0.15) is 0 Å². The van der Waals surface area contributed by atoms with Gasteiger partial charge in [0, 0.05) is 34.9 Å². The fourth-order valence-electron chi connectivity index (χ4n) is 3.84. The Bertz CT molecular complexity index is 975. The number of aromatic nitrogens is 1. The summed E-state index contributed by atoms with van der Waals surface area (Å²) in [6, 6.07) is 15.4. The molecule has 1 fully saturated rings. The second-order valence-electron chi connectivity index (χ2n) is 6.62. The lowest BCUT2D eigenvalue weighted by Crippen LogP contribution is -2.58. The second-order valence-corrected chi connectivity index (χ2v) is 8.40. The summed E-state index contributed by atoms with van der Waals surface area (Å²) in [5, 5.41) is 16.4. The van der Waals surface area contributed by atoms with E-state index in [0.29, 0.717) is 13.1 Å². The molecule has 4 rings (SSSR count). The maximum Gasteiger partial charge on any atom is 0.209 e. The molecule has 1 aromatic heterocycles. The summed E-state index contributed by atoms with van der Waals surface area (Å²) in [6.07, 6.45) is 0.291. The Balaban J connectivity index is 1.85. The summed E-state index contributed by atoms with van der Waals surface area (Å²) in [6.45, 7) is 0.980. The highest BCUT2D eigenvalue weighted by atomic mass is 32.2. The molecule has 25 heavy (non-hydrogen) atoms. The van der Waals surface area contributed by atoms with Crippen molar-refractivity contribution in [1.29, 1.82) is 0 Å². The van der Waals surface area contributed by atoms with Crippen LogP contribution in [-0.2, 0) is 10.0 Å². The average molecular weight is 359 g/mol. The van der Waals surface area contributed by atoms with Crippen molar-refractivity contribution in [3.05, 3.63) is 48.5 Å². The number of piperidine rings is 1. The number of aliphatic hydroxyl groups excluding tert-OH is 1. The predicted molar refractivity (Wildman–Crippen MR) is 99.1 cm³/mol. The smallest absolute Gasteiger partial charge is 0.209 e. The van der Waals surface area contributed by atoms with E-state index in [-0.39, 0.29) is 6.04 Å². The number of aliphatic hydroxyl groups is 1. The number of rotatable bonds is 3. The van der Waals surface area contributed by atoms with Crippen LogP contribution in [0.4, 0.5) is 0 Å². The van der Waals surface area contributed by atoms with Crippen LogP contribution in [0.2, 0.25) is 0 Å². The van der Waals surface area contributed by atoms with E-state index in [9.17, 15) is 13.5 Å². The SMILES string of the molecule is CS(=O)(=O)N[C@H]1CNCC(n2c3ccccc3c3ccccc32)[C@@H]1O. The van der Waals surface area contributed by atoms with Gasteiger partial charge in [-0.25, -0.2) is 13.1 Å². The van der Waals surface area contributed by atoms with Crippen LogP contribution in [0.5, 0.6) is 0 Å². The van der Waals surface area contributed by atoms with Crippen LogP contribution in [0.3, 0.4) is 0 Å². The molecule has 3 aromatic rings. The van der Waals surface area contributed by atoms with Crippen LogP contribution in [0, 0.1) is 0 Å². The molecule has 3 N–H and O–H groups in total. The molecule has 3 atom stereocenters. The standard InChI is InChI=1S/C18H21N3O3S/c1-25(23,24)20-14-10-19-11-17(18(14)22)21-15-8-4-2-6-12(15)13-7-3-5-9-16(13)21/h2-9,14,17-20,22H,10-11H2,1H3/t14-,17?,18+/m0/s1. The number of fused-ring (bicyclic) bond motifs is 3. The van der Waals surface area contributed by atoms with Crippen molar-refractivity contribution >= 4 is 31.8 Å². The van der Waals surface area contributed by atoms with Crippen LogP contribution in [0.15, 0.2) is 48.5 Å². The van der Waals surface area contributed by atoms with Gasteiger partial charge in [0.2, 0.25) is 10.0 Å². The van der Waals surface area contributed by atoms with E-state index < -0.39 is 22.2 Å². The molecule has 2 aromatic carbocycles. The van der Waals surface area contributed by atoms with Crippen LogP contribution in [0.25, 0.3) is 21.8 Å². The van der Waals surface area contributed by atoms with Gasteiger partial charge in [-0.05, 0) is 12.1 Å². The van der Waals surface area contributed by atoms with Crippen LogP contribution >= 0.6 is 0 Å². The lowest BCUT2D eigenvalue weighted by molar-refractivity contribution is 0.0639. The Morgan fingerprint density at radius 3 is 2.16 bits per heavy atom. The summed E-state index contributed by atoms with van der Waals surface area (Å²) in [5.74, 6) is 0. The van der Waals surface area contributed by atoms with Crippen molar-refractivity contribution in [2.75, 3.05) is 19.3 Å². The number of nitrogens with one attached hydrogen (secondary N) is 2. The van der Waals surface area contributed by atoms with Crippen LogP contribution in [0.1, 0.15) is 6.04 Å². The van der Waals surface area contributed by atoms with Gasteiger partial charge in [0.15, 0.2) is 0 Å². The molecule has 0 bridgehead atoms. The molecule has 1 aliphatic rings. The van der Waals surface area contributed by atoms with E-state index in [4.69, 9.17) is 0 Å². The Morgan fingerprint density at radius 1 is 1.04 bits per heavy atom. The highest BCUT2D eigenvalue weighted by molar-refractivity contribution is 7.88. The summed E-state index contributed by atoms with van der Waals surface area (Å²) in [4.78, 5) is 0. The fourth-order valence-corrected chi connectivity index (χ4v) is 4.61. The molecule has 0 saturated carbocycles. The summed E-state index contributed by atoms with van der Waals surface area (Å²) in [7, 11) is -3.39. The molecular weight excluding hydrogens is 338 g/mol. The van der Waals surface area contributed by atoms with Gasteiger partial charge in [-0.3, -0.25) is 0 Å². The lowest BCUT2D eigenvalue weighted by Gasteiger charge is -2.37. The Morgan fingerprint density at radius 2 is 1.60 bits per heavy atom. The van der Waals surface area contributed by atoms with Gasteiger partial charge in [-0.2, -0.15) is 0 Å². The number of para-hydroxylation sites is 2. The first kappa shape index (κ1) is 16.5. The zero-order valence-electron chi connectivity index (χ0n) is 13.9. The highest BCUT2D eigenvalue weighted by Gasteiger charge is 2.35.